The summed E-state index contributed by atoms with van der Waals surface area (Å²) in [5.74, 6) is 0. The van der Waals surface area contributed by atoms with Crippen molar-refractivity contribution in [3.8, 4) is 56.0 Å². The Labute approximate surface area is 362 Å². The highest BCUT2D eigenvalue weighted by molar-refractivity contribution is 6.27. The molecule has 0 aliphatic heterocycles. The van der Waals surface area contributed by atoms with E-state index in [9.17, 15) is 0 Å². The Balaban J connectivity index is 0.906. The number of nitrogens with zero attached hydrogens (tertiary/aromatic N) is 3. The summed E-state index contributed by atoms with van der Waals surface area (Å²) in [5, 5.41) is 10.1. The SMILES string of the molecule is c1ccc(-c2ccc3ccc4ccc(-c5ccc6cc(-c7ccc(-c8c9c(cc%10c(-c%11ccccc%11)nc%11ccccc%11c8%10)oc8ccccc89)cc7)ccc6c5)nc4c3n2)cc1. The van der Waals surface area contributed by atoms with Crippen LogP contribution in [0.1, 0.15) is 0 Å². The van der Waals surface area contributed by atoms with Gasteiger partial charge in [0.1, 0.15) is 11.2 Å². The molecule has 292 valence electrons. The fourth-order valence-corrected chi connectivity index (χ4v) is 9.53. The van der Waals surface area contributed by atoms with E-state index in [1.165, 1.54) is 10.8 Å². The van der Waals surface area contributed by atoms with Crippen LogP contribution in [0, 0.1) is 0 Å². The first-order valence-electron chi connectivity index (χ1n) is 21.3. The summed E-state index contributed by atoms with van der Waals surface area (Å²) < 4.78 is 6.62. The number of rotatable bonds is 5. The van der Waals surface area contributed by atoms with Gasteiger partial charge in [0.25, 0.3) is 0 Å². The van der Waals surface area contributed by atoms with Crippen LogP contribution in [0.4, 0.5) is 0 Å². The number of pyridine rings is 3. The highest BCUT2D eigenvalue weighted by Gasteiger charge is 2.22. The quantitative estimate of drug-likeness (QED) is 0.163. The van der Waals surface area contributed by atoms with E-state index >= 15 is 0 Å². The third-order valence-corrected chi connectivity index (χ3v) is 12.6. The Kier molecular flexibility index (Phi) is 7.87. The standard InChI is InChI=1S/C59H35N3O/c1-3-11-37(12-4-1)49-31-29-40-23-24-41-30-32-50(61-59(41)58(40)60-49)45-28-27-43-33-42(25-26-44(43)34-45)36-19-21-38(22-20-36)54-55-46-15-7-9-17-51(46)62-57(39-13-5-2-6-14-39)48(55)35-53-56(54)47-16-8-10-18-52(47)63-53/h1-35H. The number of furan rings is 1. The van der Waals surface area contributed by atoms with E-state index in [2.05, 4.69) is 182 Å². The van der Waals surface area contributed by atoms with Crippen molar-refractivity contribution in [3.63, 3.8) is 0 Å². The lowest BCUT2D eigenvalue weighted by Crippen LogP contribution is -1.93. The number of aromatic nitrogens is 3. The van der Waals surface area contributed by atoms with Crippen LogP contribution < -0.4 is 0 Å². The fourth-order valence-electron chi connectivity index (χ4n) is 9.53. The summed E-state index contributed by atoms with van der Waals surface area (Å²) in [5.41, 5.74) is 15.2. The molecule has 63 heavy (non-hydrogen) atoms. The molecule has 0 fully saturated rings. The molecule has 0 N–H and O–H groups in total. The molecule has 0 saturated heterocycles. The van der Waals surface area contributed by atoms with E-state index in [1.807, 2.05) is 30.3 Å². The molecule has 0 bridgehead atoms. The highest BCUT2D eigenvalue weighted by atomic mass is 16.3. The van der Waals surface area contributed by atoms with Crippen LogP contribution in [-0.2, 0) is 0 Å². The van der Waals surface area contributed by atoms with Crippen LogP contribution in [0.25, 0.3) is 132 Å². The molecule has 4 heteroatoms. The minimum absolute atomic E-state index is 0.854. The van der Waals surface area contributed by atoms with E-state index in [4.69, 9.17) is 19.4 Å². The summed E-state index contributed by atoms with van der Waals surface area (Å²) >= 11 is 0. The summed E-state index contributed by atoms with van der Waals surface area (Å²) in [4.78, 5) is 15.6. The van der Waals surface area contributed by atoms with Crippen molar-refractivity contribution in [2.45, 2.75) is 0 Å². The van der Waals surface area contributed by atoms with Gasteiger partial charge in [-0.05, 0) is 69.9 Å². The number of benzene rings is 9. The second kappa shape index (κ2) is 14.1. The number of hydrogen-bond acceptors (Lipinski definition) is 4. The average molecular weight is 802 g/mol. The predicted molar refractivity (Wildman–Crippen MR) is 262 cm³/mol. The van der Waals surface area contributed by atoms with Gasteiger partial charge >= 0.3 is 0 Å². The molecule has 4 aromatic heterocycles. The second-order valence-electron chi connectivity index (χ2n) is 16.3. The first-order valence-corrected chi connectivity index (χ1v) is 21.3. The molecular formula is C59H35N3O. The van der Waals surface area contributed by atoms with Gasteiger partial charge in [0.2, 0.25) is 0 Å². The average Bonchev–Trinajstić information content (AvgIpc) is 3.73. The third kappa shape index (κ3) is 5.80. The highest BCUT2D eigenvalue weighted by Crippen LogP contribution is 2.46. The van der Waals surface area contributed by atoms with Crippen LogP contribution in [-0.4, -0.2) is 15.0 Å². The molecule has 13 aromatic rings. The lowest BCUT2D eigenvalue weighted by molar-refractivity contribution is 0.669. The fraction of sp³-hybridized carbons (Fsp3) is 0. The Bertz CT molecular complexity index is 3950. The first-order chi connectivity index (χ1) is 31.2. The smallest absolute Gasteiger partial charge is 0.136 e. The van der Waals surface area contributed by atoms with Crippen molar-refractivity contribution in [1.82, 2.24) is 15.0 Å². The molecule has 13 rings (SSSR count). The number of para-hydroxylation sites is 2. The molecule has 4 nitrogen and oxygen atoms in total. The lowest BCUT2D eigenvalue weighted by Gasteiger charge is -2.16. The van der Waals surface area contributed by atoms with Gasteiger partial charge in [-0.15, -0.1) is 0 Å². The van der Waals surface area contributed by atoms with Crippen molar-refractivity contribution >= 4 is 76.2 Å². The molecule has 0 aliphatic carbocycles. The normalized spacial score (nSPS) is 11.8. The topological polar surface area (TPSA) is 51.8 Å². The molecule has 9 aromatic carbocycles. The van der Waals surface area contributed by atoms with E-state index in [-0.39, 0.29) is 0 Å². The van der Waals surface area contributed by atoms with Crippen molar-refractivity contribution < 1.29 is 4.42 Å². The summed E-state index contributed by atoms with van der Waals surface area (Å²) in [6, 6.07) is 75.0. The molecule has 4 heterocycles. The molecular weight excluding hydrogens is 767 g/mol. The summed E-state index contributed by atoms with van der Waals surface area (Å²) in [7, 11) is 0. The molecule has 0 amide bonds. The van der Waals surface area contributed by atoms with Crippen LogP contribution >= 0.6 is 0 Å². The Morgan fingerprint density at radius 2 is 0.841 bits per heavy atom. The summed E-state index contributed by atoms with van der Waals surface area (Å²) in [6.07, 6.45) is 0. The lowest BCUT2D eigenvalue weighted by atomic mass is 9.89. The monoisotopic (exact) mass is 801 g/mol. The first kappa shape index (κ1) is 35.3. The van der Waals surface area contributed by atoms with Crippen LogP contribution in [0.15, 0.2) is 217 Å². The van der Waals surface area contributed by atoms with Crippen molar-refractivity contribution in [3.05, 3.63) is 212 Å². The van der Waals surface area contributed by atoms with Gasteiger partial charge in [-0.25, -0.2) is 15.0 Å². The van der Waals surface area contributed by atoms with Gasteiger partial charge in [-0.1, -0.05) is 170 Å². The maximum atomic E-state index is 6.62. The van der Waals surface area contributed by atoms with Gasteiger partial charge in [-0.3, -0.25) is 0 Å². The maximum Gasteiger partial charge on any atom is 0.136 e. The minimum atomic E-state index is 0.854. The van der Waals surface area contributed by atoms with Crippen molar-refractivity contribution in [2.75, 3.05) is 0 Å². The van der Waals surface area contributed by atoms with E-state index in [0.29, 0.717) is 0 Å². The number of hydrogen-bond donors (Lipinski definition) is 0. The Hall–Kier alpha value is -8.47. The van der Waals surface area contributed by atoms with Gasteiger partial charge in [0.05, 0.1) is 33.6 Å². The van der Waals surface area contributed by atoms with Gasteiger partial charge in [-0.2, -0.15) is 0 Å². The maximum absolute atomic E-state index is 6.62. The summed E-state index contributed by atoms with van der Waals surface area (Å²) in [6.45, 7) is 0. The van der Waals surface area contributed by atoms with E-state index in [0.717, 1.165) is 121 Å². The van der Waals surface area contributed by atoms with Crippen LogP contribution in [0.2, 0.25) is 0 Å². The Morgan fingerprint density at radius 1 is 0.302 bits per heavy atom. The second-order valence-corrected chi connectivity index (χ2v) is 16.3. The molecule has 0 aliphatic rings. The molecule has 0 saturated carbocycles. The molecule has 0 atom stereocenters. The van der Waals surface area contributed by atoms with E-state index in [1.54, 1.807) is 0 Å². The van der Waals surface area contributed by atoms with E-state index < -0.39 is 0 Å². The zero-order valence-corrected chi connectivity index (χ0v) is 34.0. The predicted octanol–water partition coefficient (Wildman–Crippen LogP) is 15.9. The molecule has 0 radical (unpaired) electrons. The largest absolute Gasteiger partial charge is 0.456 e. The van der Waals surface area contributed by atoms with Crippen LogP contribution in [0.5, 0.6) is 0 Å². The van der Waals surface area contributed by atoms with Gasteiger partial charge in [0, 0.05) is 60.0 Å². The Morgan fingerprint density at radius 3 is 1.57 bits per heavy atom. The van der Waals surface area contributed by atoms with Gasteiger partial charge in [0.15, 0.2) is 0 Å². The van der Waals surface area contributed by atoms with Crippen molar-refractivity contribution in [1.29, 1.82) is 0 Å². The molecule has 0 spiro atoms. The van der Waals surface area contributed by atoms with Gasteiger partial charge < -0.3 is 4.42 Å². The third-order valence-electron chi connectivity index (χ3n) is 12.6. The number of fused-ring (bicyclic) bond motifs is 10. The zero-order chi connectivity index (χ0) is 41.4. The molecule has 0 unspecified atom stereocenters. The van der Waals surface area contributed by atoms with Crippen molar-refractivity contribution in [2.24, 2.45) is 0 Å². The van der Waals surface area contributed by atoms with Crippen LogP contribution in [0.3, 0.4) is 0 Å². The minimum Gasteiger partial charge on any atom is -0.456 e. The zero-order valence-electron chi connectivity index (χ0n) is 34.0.